The molecule has 1 aromatic rings. The van der Waals surface area contributed by atoms with Crippen LogP contribution in [0.25, 0.3) is 0 Å². The fraction of sp³-hybridized carbons (Fsp3) is 0.667. The first-order valence-electron chi connectivity index (χ1n) is 4.52. The zero-order valence-corrected chi connectivity index (χ0v) is 7.39. The molecule has 0 aliphatic heterocycles. The SMILES string of the molecule is CNCc1nc2c(o1)CCCC2. The maximum absolute atomic E-state index is 5.57. The molecule has 1 aromatic heterocycles. The monoisotopic (exact) mass is 166 g/mol. The molecule has 0 radical (unpaired) electrons. The van der Waals surface area contributed by atoms with Crippen LogP contribution in [-0.4, -0.2) is 12.0 Å². The van der Waals surface area contributed by atoms with Gasteiger partial charge in [-0.3, -0.25) is 0 Å². The van der Waals surface area contributed by atoms with Crippen LogP contribution < -0.4 is 5.32 Å². The molecule has 66 valence electrons. The van der Waals surface area contributed by atoms with E-state index in [1.54, 1.807) is 0 Å². The van der Waals surface area contributed by atoms with E-state index in [0.29, 0.717) is 0 Å². The Morgan fingerprint density at radius 2 is 2.25 bits per heavy atom. The third-order valence-corrected chi connectivity index (χ3v) is 2.22. The summed E-state index contributed by atoms with van der Waals surface area (Å²) in [5, 5.41) is 3.04. The van der Waals surface area contributed by atoms with E-state index in [-0.39, 0.29) is 0 Å². The first-order chi connectivity index (χ1) is 5.90. The van der Waals surface area contributed by atoms with E-state index in [1.165, 1.54) is 18.5 Å². The lowest BCUT2D eigenvalue weighted by atomic mass is 10.0. The minimum absolute atomic E-state index is 0.743. The van der Waals surface area contributed by atoms with Crippen LogP contribution in [0, 0.1) is 0 Å². The number of fused-ring (bicyclic) bond motifs is 1. The van der Waals surface area contributed by atoms with Crippen LogP contribution in [0.5, 0.6) is 0 Å². The van der Waals surface area contributed by atoms with Crippen molar-refractivity contribution in [3.05, 3.63) is 17.3 Å². The van der Waals surface area contributed by atoms with E-state index in [9.17, 15) is 0 Å². The summed E-state index contributed by atoms with van der Waals surface area (Å²) in [7, 11) is 1.91. The molecule has 12 heavy (non-hydrogen) atoms. The van der Waals surface area contributed by atoms with Gasteiger partial charge in [0.15, 0.2) is 0 Å². The molecular formula is C9H14N2O. The van der Waals surface area contributed by atoms with Gasteiger partial charge in [-0.25, -0.2) is 4.98 Å². The van der Waals surface area contributed by atoms with E-state index in [4.69, 9.17) is 4.42 Å². The first-order valence-corrected chi connectivity index (χ1v) is 4.52. The lowest BCUT2D eigenvalue weighted by Crippen LogP contribution is -2.05. The van der Waals surface area contributed by atoms with Gasteiger partial charge < -0.3 is 9.73 Å². The van der Waals surface area contributed by atoms with Crippen molar-refractivity contribution in [3.63, 3.8) is 0 Å². The molecule has 0 spiro atoms. The van der Waals surface area contributed by atoms with Gasteiger partial charge in [-0.2, -0.15) is 0 Å². The van der Waals surface area contributed by atoms with Gasteiger partial charge in [0.1, 0.15) is 5.76 Å². The zero-order valence-electron chi connectivity index (χ0n) is 7.39. The summed E-state index contributed by atoms with van der Waals surface area (Å²) >= 11 is 0. The van der Waals surface area contributed by atoms with Crippen LogP contribution in [-0.2, 0) is 19.4 Å². The van der Waals surface area contributed by atoms with E-state index in [2.05, 4.69) is 10.3 Å². The molecule has 0 saturated carbocycles. The van der Waals surface area contributed by atoms with Crippen molar-refractivity contribution < 1.29 is 4.42 Å². The number of hydrogen-bond acceptors (Lipinski definition) is 3. The van der Waals surface area contributed by atoms with E-state index in [0.717, 1.165) is 31.0 Å². The van der Waals surface area contributed by atoms with Crippen molar-refractivity contribution in [1.29, 1.82) is 0 Å². The summed E-state index contributed by atoms with van der Waals surface area (Å²) in [5.74, 6) is 1.95. The largest absolute Gasteiger partial charge is 0.444 e. The van der Waals surface area contributed by atoms with Crippen LogP contribution in [0.15, 0.2) is 4.42 Å². The van der Waals surface area contributed by atoms with Gasteiger partial charge in [0.05, 0.1) is 12.2 Å². The minimum Gasteiger partial charge on any atom is -0.444 e. The van der Waals surface area contributed by atoms with Crippen LogP contribution in [0.3, 0.4) is 0 Å². The lowest BCUT2D eigenvalue weighted by molar-refractivity contribution is 0.430. The van der Waals surface area contributed by atoms with Crippen molar-refractivity contribution >= 4 is 0 Å². The van der Waals surface area contributed by atoms with Crippen molar-refractivity contribution in [2.24, 2.45) is 0 Å². The number of rotatable bonds is 2. The van der Waals surface area contributed by atoms with Gasteiger partial charge in [0.2, 0.25) is 5.89 Å². The summed E-state index contributed by atoms with van der Waals surface area (Å²) in [5.41, 5.74) is 1.19. The molecule has 1 heterocycles. The van der Waals surface area contributed by atoms with Crippen molar-refractivity contribution in [2.45, 2.75) is 32.2 Å². The average molecular weight is 166 g/mol. The highest BCUT2D eigenvalue weighted by Gasteiger charge is 2.15. The van der Waals surface area contributed by atoms with Gasteiger partial charge in [0, 0.05) is 6.42 Å². The Morgan fingerprint density at radius 1 is 1.42 bits per heavy atom. The van der Waals surface area contributed by atoms with Crippen molar-refractivity contribution in [1.82, 2.24) is 10.3 Å². The maximum atomic E-state index is 5.57. The van der Waals surface area contributed by atoms with Crippen molar-refractivity contribution in [2.75, 3.05) is 7.05 Å². The molecule has 0 unspecified atom stereocenters. The fourth-order valence-electron chi connectivity index (χ4n) is 1.63. The summed E-state index contributed by atoms with van der Waals surface area (Å²) < 4.78 is 5.57. The molecule has 0 fully saturated rings. The fourth-order valence-corrected chi connectivity index (χ4v) is 1.63. The molecule has 0 aromatic carbocycles. The number of aryl methyl sites for hydroxylation is 2. The Hall–Kier alpha value is -0.830. The topological polar surface area (TPSA) is 38.1 Å². The molecule has 1 aliphatic rings. The number of nitrogens with zero attached hydrogens (tertiary/aromatic N) is 1. The normalized spacial score (nSPS) is 16.1. The van der Waals surface area contributed by atoms with E-state index in [1.807, 2.05) is 7.05 Å². The van der Waals surface area contributed by atoms with Crippen LogP contribution in [0.4, 0.5) is 0 Å². The molecule has 3 heteroatoms. The highest BCUT2D eigenvalue weighted by atomic mass is 16.4. The second kappa shape index (κ2) is 3.27. The Bertz CT molecular complexity index is 244. The molecule has 1 N–H and O–H groups in total. The molecule has 0 bridgehead atoms. The predicted octanol–water partition coefficient (Wildman–Crippen LogP) is 1.27. The molecule has 1 aliphatic carbocycles. The quantitative estimate of drug-likeness (QED) is 0.719. The van der Waals surface area contributed by atoms with Gasteiger partial charge in [-0.15, -0.1) is 0 Å². The average Bonchev–Trinajstić information content (AvgIpc) is 2.47. The number of oxazole rings is 1. The zero-order chi connectivity index (χ0) is 8.39. The van der Waals surface area contributed by atoms with Gasteiger partial charge in [-0.05, 0) is 26.3 Å². The van der Waals surface area contributed by atoms with E-state index < -0.39 is 0 Å². The second-order valence-electron chi connectivity index (χ2n) is 3.21. The Kier molecular flexibility index (Phi) is 2.13. The smallest absolute Gasteiger partial charge is 0.208 e. The molecule has 3 nitrogen and oxygen atoms in total. The predicted molar refractivity (Wildman–Crippen MR) is 45.9 cm³/mol. The number of nitrogens with one attached hydrogen (secondary N) is 1. The maximum Gasteiger partial charge on any atom is 0.208 e. The number of hydrogen-bond donors (Lipinski definition) is 1. The summed E-state index contributed by atoms with van der Waals surface area (Å²) in [6.45, 7) is 0.743. The third-order valence-electron chi connectivity index (χ3n) is 2.22. The first kappa shape index (κ1) is 7.80. The Morgan fingerprint density at radius 3 is 3.00 bits per heavy atom. The van der Waals surface area contributed by atoms with Crippen molar-refractivity contribution in [3.8, 4) is 0 Å². The molecule has 0 saturated heterocycles. The van der Waals surface area contributed by atoms with Crippen LogP contribution in [0.1, 0.15) is 30.2 Å². The van der Waals surface area contributed by atoms with Gasteiger partial charge in [0.25, 0.3) is 0 Å². The summed E-state index contributed by atoms with van der Waals surface area (Å²) in [6.07, 6.45) is 4.69. The standard InChI is InChI=1S/C9H14N2O/c1-10-6-9-11-7-4-2-3-5-8(7)12-9/h10H,2-6H2,1H3. The van der Waals surface area contributed by atoms with E-state index >= 15 is 0 Å². The summed E-state index contributed by atoms with van der Waals surface area (Å²) in [6, 6.07) is 0. The minimum atomic E-state index is 0.743. The molecule has 2 rings (SSSR count). The Labute approximate surface area is 72.2 Å². The Balaban J connectivity index is 2.20. The van der Waals surface area contributed by atoms with Gasteiger partial charge >= 0.3 is 0 Å². The number of aromatic nitrogens is 1. The molecule has 0 atom stereocenters. The third kappa shape index (κ3) is 1.37. The highest BCUT2D eigenvalue weighted by molar-refractivity contribution is 5.13. The highest BCUT2D eigenvalue weighted by Crippen LogP contribution is 2.21. The summed E-state index contributed by atoms with van der Waals surface area (Å²) in [4.78, 5) is 4.41. The van der Waals surface area contributed by atoms with Gasteiger partial charge in [-0.1, -0.05) is 0 Å². The lowest BCUT2D eigenvalue weighted by Gasteiger charge is -2.05. The molecule has 0 amide bonds. The van der Waals surface area contributed by atoms with Crippen LogP contribution in [0.2, 0.25) is 0 Å². The molecular weight excluding hydrogens is 152 g/mol. The van der Waals surface area contributed by atoms with Crippen LogP contribution >= 0.6 is 0 Å². The second-order valence-corrected chi connectivity index (χ2v) is 3.21.